The van der Waals surface area contributed by atoms with Gasteiger partial charge in [0.15, 0.2) is 6.61 Å². The Morgan fingerprint density at radius 2 is 1.81 bits per heavy atom. The number of ether oxygens (including phenoxy) is 1. The minimum absolute atomic E-state index is 0.0260. The van der Waals surface area contributed by atoms with Crippen LogP contribution in [-0.4, -0.2) is 24.5 Å². The molecule has 2 rings (SSSR count). The second-order valence-corrected chi connectivity index (χ2v) is 5.72. The van der Waals surface area contributed by atoms with E-state index in [0.29, 0.717) is 5.75 Å². The predicted octanol–water partition coefficient (Wildman–Crippen LogP) is 2.21. The van der Waals surface area contributed by atoms with Crippen LogP contribution in [0.1, 0.15) is 25.7 Å². The molecule has 0 aromatic heterocycles. The summed E-state index contributed by atoms with van der Waals surface area (Å²) in [6.07, 6.45) is 3.32. The van der Waals surface area contributed by atoms with Crippen molar-refractivity contribution in [2.45, 2.75) is 31.7 Å². The Labute approximate surface area is 138 Å². The number of carbonyl (C=O) groups excluding carboxylic acids is 2. The third-order valence-corrected chi connectivity index (χ3v) is 4.20. The van der Waals surface area contributed by atoms with Crippen molar-refractivity contribution in [3.8, 4) is 5.75 Å². The summed E-state index contributed by atoms with van der Waals surface area (Å²) in [5.74, 6) is 0.749. The van der Waals surface area contributed by atoms with E-state index in [1.54, 1.807) is 0 Å². The largest absolute Gasteiger partial charge is 0.484 e. The zero-order valence-electron chi connectivity index (χ0n) is 11.7. The van der Waals surface area contributed by atoms with Gasteiger partial charge in [0.2, 0.25) is 5.91 Å². The third kappa shape index (κ3) is 5.18. The Hall–Kier alpha value is -1.31. The highest BCUT2D eigenvalue weighted by atomic mass is 127. The van der Waals surface area contributed by atoms with Gasteiger partial charge in [0, 0.05) is 12.0 Å². The maximum absolute atomic E-state index is 11.8. The van der Waals surface area contributed by atoms with E-state index in [9.17, 15) is 9.59 Å². The lowest BCUT2D eigenvalue weighted by Gasteiger charge is -2.27. The number of rotatable bonds is 5. The monoisotopic (exact) mass is 402 g/mol. The van der Waals surface area contributed by atoms with Crippen LogP contribution in [0, 0.1) is 5.92 Å². The summed E-state index contributed by atoms with van der Waals surface area (Å²) in [6.45, 7) is 0.0260. The van der Waals surface area contributed by atoms with Gasteiger partial charge in [-0.15, -0.1) is 0 Å². The van der Waals surface area contributed by atoms with Gasteiger partial charge in [-0.2, -0.15) is 0 Å². The van der Waals surface area contributed by atoms with Crippen LogP contribution in [0.3, 0.4) is 0 Å². The Bertz CT molecular complexity index is 473. The number of hydrogen-bond donors (Lipinski definition) is 2. The first kappa shape index (κ1) is 16.1. The van der Waals surface area contributed by atoms with Crippen molar-refractivity contribution >= 4 is 34.7 Å². The number of nitrogens with one attached hydrogen (secondary N) is 2. The SMILES string of the molecule is O=C(COc1ccccc1)NC1CCC(C(=O)NI)CC1. The smallest absolute Gasteiger partial charge is 0.258 e. The van der Waals surface area contributed by atoms with E-state index in [1.807, 2.05) is 53.2 Å². The summed E-state index contributed by atoms with van der Waals surface area (Å²) >= 11 is 1.87. The molecule has 0 heterocycles. The minimum atomic E-state index is -0.111. The Kier molecular flexibility index (Phi) is 6.28. The lowest BCUT2D eigenvalue weighted by molar-refractivity contribution is -0.124. The molecule has 0 saturated heterocycles. The molecule has 2 N–H and O–H groups in total. The molecule has 0 bridgehead atoms. The predicted molar refractivity (Wildman–Crippen MR) is 88.0 cm³/mol. The molecule has 5 nitrogen and oxygen atoms in total. The van der Waals surface area contributed by atoms with Crippen molar-refractivity contribution in [3.63, 3.8) is 0 Å². The lowest BCUT2D eigenvalue weighted by atomic mass is 9.85. The highest BCUT2D eigenvalue weighted by Gasteiger charge is 2.26. The number of hydrogen-bond acceptors (Lipinski definition) is 3. The number of carbonyl (C=O) groups is 2. The average molecular weight is 402 g/mol. The molecule has 1 saturated carbocycles. The molecule has 0 aliphatic heterocycles. The number of para-hydroxylation sites is 1. The van der Waals surface area contributed by atoms with Crippen LogP contribution in [0.4, 0.5) is 0 Å². The molecule has 114 valence electrons. The highest BCUT2D eigenvalue weighted by Crippen LogP contribution is 2.24. The van der Waals surface area contributed by atoms with Gasteiger partial charge in [0.05, 0.1) is 22.9 Å². The molecule has 1 aliphatic carbocycles. The molecule has 0 atom stereocenters. The summed E-state index contributed by atoms with van der Waals surface area (Å²) < 4.78 is 8.06. The Morgan fingerprint density at radius 1 is 1.14 bits per heavy atom. The van der Waals surface area contributed by atoms with Crippen LogP contribution < -0.4 is 13.6 Å². The quantitative estimate of drug-likeness (QED) is 0.587. The molecular weight excluding hydrogens is 383 g/mol. The number of benzene rings is 1. The topological polar surface area (TPSA) is 67.4 Å². The maximum Gasteiger partial charge on any atom is 0.258 e. The van der Waals surface area contributed by atoms with E-state index in [2.05, 4.69) is 8.85 Å². The first-order valence-corrected chi connectivity index (χ1v) is 8.14. The number of halogens is 1. The summed E-state index contributed by atoms with van der Waals surface area (Å²) in [5.41, 5.74) is 0. The number of amides is 2. The normalized spacial score (nSPS) is 21.4. The van der Waals surface area contributed by atoms with Crippen LogP contribution in [0.25, 0.3) is 0 Å². The standard InChI is InChI=1S/C15H19IN2O3/c16-18-15(20)11-6-8-12(9-7-11)17-14(19)10-21-13-4-2-1-3-5-13/h1-5,11-12H,6-10H2,(H,17,19)(H,18,20). The van der Waals surface area contributed by atoms with E-state index < -0.39 is 0 Å². The first-order chi connectivity index (χ1) is 10.2. The molecule has 2 amide bonds. The van der Waals surface area contributed by atoms with Gasteiger partial charge < -0.3 is 10.1 Å². The molecule has 0 spiro atoms. The second kappa shape index (κ2) is 8.21. The molecular formula is C15H19IN2O3. The van der Waals surface area contributed by atoms with Crippen molar-refractivity contribution in [1.82, 2.24) is 8.85 Å². The molecule has 0 radical (unpaired) electrons. The van der Waals surface area contributed by atoms with Crippen molar-refractivity contribution in [3.05, 3.63) is 30.3 Å². The van der Waals surface area contributed by atoms with Crippen LogP contribution in [0.15, 0.2) is 30.3 Å². The van der Waals surface area contributed by atoms with Gasteiger partial charge in [-0.25, -0.2) is 0 Å². The fraction of sp³-hybridized carbons (Fsp3) is 0.467. The Balaban J connectivity index is 1.68. The Morgan fingerprint density at radius 3 is 2.43 bits per heavy atom. The molecule has 1 aromatic rings. The zero-order valence-corrected chi connectivity index (χ0v) is 13.8. The van der Waals surface area contributed by atoms with E-state index >= 15 is 0 Å². The summed E-state index contributed by atoms with van der Waals surface area (Å²) in [7, 11) is 0. The minimum Gasteiger partial charge on any atom is -0.484 e. The van der Waals surface area contributed by atoms with Gasteiger partial charge in [-0.1, -0.05) is 18.2 Å². The van der Waals surface area contributed by atoms with Crippen LogP contribution in [0.5, 0.6) is 5.75 Å². The van der Waals surface area contributed by atoms with Crippen LogP contribution in [0.2, 0.25) is 0 Å². The summed E-state index contributed by atoms with van der Waals surface area (Å²) in [5, 5.41) is 2.97. The second-order valence-electron chi connectivity index (χ2n) is 5.18. The van der Waals surface area contributed by atoms with Crippen molar-refractivity contribution < 1.29 is 14.3 Å². The van der Waals surface area contributed by atoms with Crippen molar-refractivity contribution in [2.24, 2.45) is 5.92 Å². The van der Waals surface area contributed by atoms with Gasteiger partial charge in [0.25, 0.3) is 5.91 Å². The third-order valence-electron chi connectivity index (χ3n) is 3.67. The van der Waals surface area contributed by atoms with Gasteiger partial charge in [0.1, 0.15) is 5.75 Å². The molecule has 1 aliphatic rings. The molecule has 21 heavy (non-hydrogen) atoms. The van der Waals surface area contributed by atoms with Gasteiger partial charge >= 0.3 is 0 Å². The van der Waals surface area contributed by atoms with Crippen molar-refractivity contribution in [1.29, 1.82) is 0 Å². The van der Waals surface area contributed by atoms with E-state index in [0.717, 1.165) is 25.7 Å². The first-order valence-electron chi connectivity index (χ1n) is 7.06. The molecule has 1 fully saturated rings. The van der Waals surface area contributed by atoms with Crippen LogP contribution in [-0.2, 0) is 9.59 Å². The summed E-state index contributed by atoms with van der Waals surface area (Å²) in [6, 6.07) is 9.42. The fourth-order valence-electron chi connectivity index (χ4n) is 2.51. The lowest BCUT2D eigenvalue weighted by Crippen LogP contribution is -2.41. The zero-order chi connectivity index (χ0) is 15.1. The van der Waals surface area contributed by atoms with Gasteiger partial charge in [-0.3, -0.25) is 13.1 Å². The summed E-state index contributed by atoms with van der Waals surface area (Å²) in [4.78, 5) is 23.4. The fourth-order valence-corrected chi connectivity index (χ4v) is 2.95. The molecule has 0 unspecified atom stereocenters. The van der Waals surface area contributed by atoms with Crippen molar-refractivity contribution in [2.75, 3.05) is 6.61 Å². The average Bonchev–Trinajstić information content (AvgIpc) is 2.54. The van der Waals surface area contributed by atoms with E-state index in [-0.39, 0.29) is 30.4 Å². The van der Waals surface area contributed by atoms with E-state index in [4.69, 9.17) is 4.74 Å². The molecule has 6 heteroatoms. The van der Waals surface area contributed by atoms with Crippen LogP contribution >= 0.6 is 22.9 Å². The highest BCUT2D eigenvalue weighted by molar-refractivity contribution is 14.1. The maximum atomic E-state index is 11.8. The molecule has 1 aromatic carbocycles. The van der Waals surface area contributed by atoms with E-state index in [1.165, 1.54) is 0 Å². The van der Waals surface area contributed by atoms with Gasteiger partial charge in [-0.05, 0) is 37.8 Å².